The first-order valence-electron chi connectivity index (χ1n) is 4.74. The molecule has 0 saturated carbocycles. The Balaban J connectivity index is 2.24. The summed E-state index contributed by atoms with van der Waals surface area (Å²) >= 11 is 0. The molecule has 2 N–H and O–H groups in total. The maximum Gasteiger partial charge on any atom is 0.237 e. The number of hydrogen-bond donors (Lipinski definition) is 2. The molecular weight excluding hydrogens is 171 g/mol. The number of halogens is 1. The molecule has 4 heteroatoms. The highest BCUT2D eigenvalue weighted by Crippen LogP contribution is 2.09. The maximum atomic E-state index is 12.7. The third kappa shape index (κ3) is 3.30. The smallest absolute Gasteiger partial charge is 0.237 e. The number of nitrogens with one attached hydrogen (secondary N) is 2. The molecule has 1 heterocycles. The van der Waals surface area contributed by atoms with Crippen molar-refractivity contribution in [3.8, 4) is 0 Å². The molecule has 0 aromatic rings. The molecule has 0 spiro atoms. The van der Waals surface area contributed by atoms with Crippen molar-refractivity contribution in [2.45, 2.75) is 32.5 Å². The molecule has 3 nitrogen and oxygen atoms in total. The van der Waals surface area contributed by atoms with Gasteiger partial charge in [-0.25, -0.2) is 4.39 Å². The summed E-state index contributed by atoms with van der Waals surface area (Å²) in [5.41, 5.74) is 0. The van der Waals surface area contributed by atoms with Crippen LogP contribution in [0, 0.1) is 5.92 Å². The molecule has 0 aliphatic carbocycles. The zero-order valence-corrected chi connectivity index (χ0v) is 8.14. The van der Waals surface area contributed by atoms with Crippen LogP contribution in [0.3, 0.4) is 0 Å². The van der Waals surface area contributed by atoms with Gasteiger partial charge in [0.2, 0.25) is 5.91 Å². The van der Waals surface area contributed by atoms with Crippen molar-refractivity contribution in [1.82, 2.24) is 10.6 Å². The summed E-state index contributed by atoms with van der Waals surface area (Å²) in [7, 11) is 0. The molecule has 0 aromatic carbocycles. The summed E-state index contributed by atoms with van der Waals surface area (Å²) in [6.07, 6.45) is -0.556. The van der Waals surface area contributed by atoms with Gasteiger partial charge in [0.15, 0.2) is 0 Å². The van der Waals surface area contributed by atoms with E-state index in [1.807, 2.05) is 13.8 Å². The minimum atomic E-state index is -0.866. The quantitative estimate of drug-likeness (QED) is 0.675. The van der Waals surface area contributed by atoms with E-state index < -0.39 is 6.17 Å². The van der Waals surface area contributed by atoms with Gasteiger partial charge in [0.1, 0.15) is 6.17 Å². The van der Waals surface area contributed by atoms with Crippen LogP contribution in [0.1, 0.15) is 20.3 Å². The highest BCUT2D eigenvalue weighted by molar-refractivity contribution is 5.82. The van der Waals surface area contributed by atoms with Crippen molar-refractivity contribution in [3.63, 3.8) is 0 Å². The van der Waals surface area contributed by atoms with Crippen LogP contribution in [0.25, 0.3) is 0 Å². The van der Waals surface area contributed by atoms with Crippen molar-refractivity contribution in [2.24, 2.45) is 5.92 Å². The summed E-state index contributed by atoms with van der Waals surface area (Å²) in [6.45, 7) is 5.02. The minimum Gasteiger partial charge on any atom is -0.354 e. The molecule has 0 aromatic heterocycles. The molecule has 1 fully saturated rings. The maximum absolute atomic E-state index is 12.7. The molecule has 2 unspecified atom stereocenters. The highest BCUT2D eigenvalue weighted by Gasteiger charge is 2.28. The first-order chi connectivity index (χ1) is 6.09. The Labute approximate surface area is 78.1 Å². The van der Waals surface area contributed by atoms with Crippen LogP contribution in [0.5, 0.6) is 0 Å². The fraction of sp³-hybridized carbons (Fsp3) is 0.889. The van der Waals surface area contributed by atoms with E-state index in [0.717, 1.165) is 0 Å². The Bertz CT molecular complexity index is 184. The average molecular weight is 188 g/mol. The van der Waals surface area contributed by atoms with E-state index in [-0.39, 0.29) is 11.9 Å². The third-order valence-corrected chi connectivity index (χ3v) is 2.08. The van der Waals surface area contributed by atoms with Gasteiger partial charge in [-0.2, -0.15) is 0 Å². The van der Waals surface area contributed by atoms with E-state index in [0.29, 0.717) is 25.4 Å². The monoisotopic (exact) mass is 188 g/mol. The molecule has 2 atom stereocenters. The molecule has 1 amide bonds. The lowest BCUT2D eigenvalue weighted by Crippen LogP contribution is -2.41. The van der Waals surface area contributed by atoms with E-state index in [1.165, 1.54) is 0 Å². The van der Waals surface area contributed by atoms with Crippen molar-refractivity contribution in [1.29, 1.82) is 0 Å². The van der Waals surface area contributed by atoms with Gasteiger partial charge >= 0.3 is 0 Å². The van der Waals surface area contributed by atoms with Crippen LogP contribution < -0.4 is 10.6 Å². The van der Waals surface area contributed by atoms with Gasteiger partial charge in [0, 0.05) is 19.5 Å². The topological polar surface area (TPSA) is 41.1 Å². The second kappa shape index (κ2) is 4.56. The second-order valence-corrected chi connectivity index (χ2v) is 3.93. The summed E-state index contributed by atoms with van der Waals surface area (Å²) in [4.78, 5) is 11.4. The lowest BCUT2D eigenvalue weighted by molar-refractivity contribution is -0.123. The van der Waals surface area contributed by atoms with Gasteiger partial charge < -0.3 is 10.6 Å². The normalized spacial score (nSPS) is 28.0. The summed E-state index contributed by atoms with van der Waals surface area (Å²) in [5.74, 6) is 0.361. The molecule has 1 rings (SSSR count). The van der Waals surface area contributed by atoms with E-state index in [9.17, 15) is 9.18 Å². The van der Waals surface area contributed by atoms with Crippen molar-refractivity contribution >= 4 is 5.91 Å². The lowest BCUT2D eigenvalue weighted by atomic mass is 10.2. The number of rotatable bonds is 3. The molecular formula is C9H17FN2O. The Morgan fingerprint density at radius 3 is 2.85 bits per heavy atom. The van der Waals surface area contributed by atoms with Crippen molar-refractivity contribution in [2.75, 3.05) is 13.1 Å². The molecule has 13 heavy (non-hydrogen) atoms. The van der Waals surface area contributed by atoms with Crippen LogP contribution in [-0.2, 0) is 4.79 Å². The fourth-order valence-electron chi connectivity index (χ4n) is 1.32. The molecule has 76 valence electrons. The molecule has 0 bridgehead atoms. The fourth-order valence-corrected chi connectivity index (χ4v) is 1.32. The van der Waals surface area contributed by atoms with Gasteiger partial charge in [-0.05, 0) is 5.92 Å². The van der Waals surface area contributed by atoms with E-state index >= 15 is 0 Å². The predicted octanol–water partition coefficient (Wildman–Crippen LogP) is 0.459. The molecule has 1 aliphatic rings. The lowest BCUT2D eigenvalue weighted by Gasteiger charge is -2.12. The second-order valence-electron chi connectivity index (χ2n) is 3.93. The average Bonchev–Trinajstić information content (AvgIpc) is 2.47. The van der Waals surface area contributed by atoms with Gasteiger partial charge in [-0.1, -0.05) is 13.8 Å². The number of hydrogen-bond acceptors (Lipinski definition) is 2. The van der Waals surface area contributed by atoms with Crippen molar-refractivity contribution in [3.05, 3.63) is 0 Å². The predicted molar refractivity (Wildman–Crippen MR) is 49.2 cm³/mol. The Hall–Kier alpha value is -0.640. The molecule has 1 aliphatic heterocycles. The largest absolute Gasteiger partial charge is 0.354 e. The van der Waals surface area contributed by atoms with E-state index in [1.54, 1.807) is 0 Å². The number of carbonyl (C=O) groups excluding carboxylic acids is 1. The Morgan fingerprint density at radius 1 is 1.69 bits per heavy atom. The van der Waals surface area contributed by atoms with Gasteiger partial charge in [-0.15, -0.1) is 0 Å². The highest BCUT2D eigenvalue weighted by atomic mass is 19.1. The first kappa shape index (κ1) is 10.4. The van der Waals surface area contributed by atoms with Crippen LogP contribution in [0.15, 0.2) is 0 Å². The standard InChI is InChI=1S/C9H17FN2O/c1-6(2)4-12-9(13)8-3-7(10)5-11-8/h6-8,11H,3-5H2,1-2H3,(H,12,13). The van der Waals surface area contributed by atoms with Gasteiger partial charge in [-0.3, -0.25) is 4.79 Å². The number of alkyl halides is 1. The third-order valence-electron chi connectivity index (χ3n) is 2.08. The molecule has 1 saturated heterocycles. The number of amides is 1. The van der Waals surface area contributed by atoms with Crippen LogP contribution in [0.4, 0.5) is 4.39 Å². The minimum absolute atomic E-state index is 0.0751. The summed E-state index contributed by atoms with van der Waals surface area (Å²) in [6, 6.07) is -0.325. The van der Waals surface area contributed by atoms with E-state index in [2.05, 4.69) is 10.6 Å². The van der Waals surface area contributed by atoms with E-state index in [4.69, 9.17) is 0 Å². The summed E-state index contributed by atoms with van der Waals surface area (Å²) < 4.78 is 12.7. The number of carbonyl (C=O) groups is 1. The zero-order chi connectivity index (χ0) is 9.84. The van der Waals surface area contributed by atoms with Crippen LogP contribution in [0.2, 0.25) is 0 Å². The van der Waals surface area contributed by atoms with Gasteiger partial charge in [0.05, 0.1) is 6.04 Å². The zero-order valence-electron chi connectivity index (χ0n) is 8.14. The van der Waals surface area contributed by atoms with Crippen molar-refractivity contribution < 1.29 is 9.18 Å². The molecule has 0 radical (unpaired) electrons. The SMILES string of the molecule is CC(C)CNC(=O)C1CC(F)CN1. The van der Waals surface area contributed by atoms with Crippen LogP contribution >= 0.6 is 0 Å². The first-order valence-corrected chi connectivity index (χ1v) is 4.74. The Kier molecular flexibility index (Phi) is 3.66. The summed E-state index contributed by atoms with van der Waals surface area (Å²) in [5, 5.41) is 5.62. The van der Waals surface area contributed by atoms with Gasteiger partial charge in [0.25, 0.3) is 0 Å². The van der Waals surface area contributed by atoms with Crippen LogP contribution in [-0.4, -0.2) is 31.2 Å². The Morgan fingerprint density at radius 2 is 2.38 bits per heavy atom.